The summed E-state index contributed by atoms with van der Waals surface area (Å²) in [6.45, 7) is 1.07. The minimum atomic E-state index is -0.594. The summed E-state index contributed by atoms with van der Waals surface area (Å²) in [5.41, 5.74) is 0.762. The van der Waals surface area contributed by atoms with Crippen LogP contribution in [0.15, 0.2) is 53.3 Å². The van der Waals surface area contributed by atoms with Gasteiger partial charge in [-0.05, 0) is 42.0 Å². The topological polar surface area (TPSA) is 80.1 Å². The van der Waals surface area contributed by atoms with Gasteiger partial charge >= 0.3 is 0 Å². The summed E-state index contributed by atoms with van der Waals surface area (Å²) >= 11 is 5.84. The fourth-order valence-electron chi connectivity index (χ4n) is 2.99. The fourth-order valence-corrected chi connectivity index (χ4v) is 3.11. The Labute approximate surface area is 164 Å². The monoisotopic (exact) mass is 399 g/mol. The smallest absolute Gasteiger partial charge is 0.286 e. The van der Waals surface area contributed by atoms with Gasteiger partial charge in [-0.3, -0.25) is 14.2 Å². The molecule has 3 aromatic rings. The van der Waals surface area contributed by atoms with Crippen molar-refractivity contribution in [2.24, 2.45) is 0 Å². The van der Waals surface area contributed by atoms with Crippen LogP contribution in [0.2, 0.25) is 5.02 Å². The second-order valence-electron chi connectivity index (χ2n) is 6.24. The fraction of sp³-hybridized carbons (Fsp3) is 0.158. The molecule has 1 amide bonds. The first kappa shape index (κ1) is 18.1. The first-order valence-corrected chi connectivity index (χ1v) is 8.94. The van der Waals surface area contributed by atoms with Crippen molar-refractivity contribution < 1.29 is 9.18 Å². The van der Waals surface area contributed by atoms with E-state index in [0.717, 1.165) is 5.56 Å². The molecule has 1 aliphatic rings. The molecule has 0 saturated heterocycles. The van der Waals surface area contributed by atoms with E-state index >= 15 is 0 Å². The van der Waals surface area contributed by atoms with Crippen LogP contribution < -0.4 is 15.8 Å². The van der Waals surface area contributed by atoms with Gasteiger partial charge in [0.05, 0.1) is 0 Å². The Hall–Kier alpha value is -3.26. The molecule has 1 aliphatic heterocycles. The van der Waals surface area contributed by atoms with E-state index in [1.807, 2.05) is 0 Å². The molecular weight excluding hydrogens is 385 g/mol. The van der Waals surface area contributed by atoms with Crippen LogP contribution in [0.4, 0.5) is 16.0 Å². The van der Waals surface area contributed by atoms with E-state index < -0.39 is 11.5 Å². The van der Waals surface area contributed by atoms with Crippen molar-refractivity contribution in [1.82, 2.24) is 20.1 Å². The van der Waals surface area contributed by atoms with E-state index in [1.54, 1.807) is 41.3 Å². The average molecular weight is 400 g/mol. The lowest BCUT2D eigenvalue weighted by atomic mass is 10.2. The average Bonchev–Trinajstić information content (AvgIpc) is 3.13. The molecule has 7 nitrogen and oxygen atoms in total. The van der Waals surface area contributed by atoms with E-state index in [9.17, 15) is 14.0 Å². The van der Waals surface area contributed by atoms with Crippen LogP contribution in [0.25, 0.3) is 0 Å². The molecule has 1 N–H and O–H groups in total. The second kappa shape index (κ2) is 7.40. The third-order valence-electron chi connectivity index (χ3n) is 4.44. The molecular formula is C19H15ClFN5O2. The van der Waals surface area contributed by atoms with Gasteiger partial charge in [-0.15, -0.1) is 10.2 Å². The quantitative estimate of drug-likeness (QED) is 0.729. The predicted molar refractivity (Wildman–Crippen MR) is 102 cm³/mol. The number of nitrogens with one attached hydrogen (secondary N) is 1. The number of fused-ring (bicyclic) bond motifs is 1. The molecule has 2 heterocycles. The molecule has 9 heteroatoms. The number of nitrogens with zero attached hydrogens (tertiary/aromatic N) is 4. The first-order valence-electron chi connectivity index (χ1n) is 8.56. The Bertz CT molecular complexity index is 1080. The maximum Gasteiger partial charge on any atom is 0.286 e. The predicted octanol–water partition coefficient (Wildman–Crippen LogP) is 2.51. The molecule has 2 aromatic carbocycles. The summed E-state index contributed by atoms with van der Waals surface area (Å²) in [5, 5.41) is 11.2. The Morgan fingerprint density at radius 1 is 1.07 bits per heavy atom. The van der Waals surface area contributed by atoms with Gasteiger partial charge in [0.1, 0.15) is 5.82 Å². The highest BCUT2D eigenvalue weighted by molar-refractivity contribution is 6.30. The van der Waals surface area contributed by atoms with Crippen LogP contribution in [0.1, 0.15) is 16.1 Å². The number of halogens is 2. The van der Waals surface area contributed by atoms with Gasteiger partial charge in [-0.2, -0.15) is 0 Å². The highest BCUT2D eigenvalue weighted by atomic mass is 35.5. The Morgan fingerprint density at radius 2 is 1.79 bits per heavy atom. The van der Waals surface area contributed by atoms with Crippen molar-refractivity contribution in [3.05, 3.63) is 81.0 Å². The largest absolute Gasteiger partial charge is 0.346 e. The van der Waals surface area contributed by atoms with Crippen LogP contribution in [-0.2, 0) is 13.1 Å². The number of aromatic nitrogens is 3. The van der Waals surface area contributed by atoms with Crippen molar-refractivity contribution in [1.29, 1.82) is 0 Å². The number of anilines is 2. The molecule has 0 aliphatic carbocycles. The molecule has 0 saturated carbocycles. The van der Waals surface area contributed by atoms with Crippen LogP contribution in [0.5, 0.6) is 0 Å². The lowest BCUT2D eigenvalue weighted by molar-refractivity contribution is 0.0942. The maximum absolute atomic E-state index is 13.1. The molecule has 4 rings (SSSR count). The van der Waals surface area contributed by atoms with E-state index in [2.05, 4.69) is 15.5 Å². The van der Waals surface area contributed by atoms with Gasteiger partial charge in [-0.25, -0.2) is 4.39 Å². The van der Waals surface area contributed by atoms with E-state index in [0.29, 0.717) is 29.7 Å². The SMILES string of the molecule is O=C(NCc1ccc(Cl)cc1)c1nnc2n(c1=O)CCN2c1ccc(F)cc1. The third-order valence-corrected chi connectivity index (χ3v) is 4.69. The lowest BCUT2D eigenvalue weighted by Gasteiger charge is -2.16. The van der Waals surface area contributed by atoms with E-state index in [4.69, 9.17) is 11.6 Å². The molecule has 0 fully saturated rings. The number of carbonyl (C=O) groups excluding carboxylic acids is 1. The maximum atomic E-state index is 13.1. The minimum Gasteiger partial charge on any atom is -0.346 e. The normalized spacial score (nSPS) is 12.7. The van der Waals surface area contributed by atoms with Crippen LogP contribution >= 0.6 is 11.6 Å². The molecule has 0 bridgehead atoms. The van der Waals surface area contributed by atoms with Crippen LogP contribution in [-0.4, -0.2) is 27.2 Å². The molecule has 0 unspecified atom stereocenters. The van der Waals surface area contributed by atoms with Gasteiger partial charge in [0.15, 0.2) is 0 Å². The van der Waals surface area contributed by atoms with Crippen LogP contribution in [0, 0.1) is 5.82 Å². The number of hydrogen-bond donors (Lipinski definition) is 1. The summed E-state index contributed by atoms with van der Waals surface area (Å²) < 4.78 is 14.5. The molecule has 0 radical (unpaired) electrons. The third kappa shape index (κ3) is 3.46. The molecule has 1 aromatic heterocycles. The lowest BCUT2D eigenvalue weighted by Crippen LogP contribution is -2.34. The van der Waals surface area contributed by atoms with Gasteiger partial charge in [0.2, 0.25) is 11.6 Å². The summed E-state index contributed by atoms with van der Waals surface area (Å²) in [4.78, 5) is 26.8. The zero-order chi connectivity index (χ0) is 19.7. The van der Waals surface area contributed by atoms with Crippen molar-refractivity contribution in [2.45, 2.75) is 13.1 Å². The van der Waals surface area contributed by atoms with Gasteiger partial charge in [0.25, 0.3) is 11.5 Å². The summed E-state index contributed by atoms with van der Waals surface area (Å²) in [6, 6.07) is 12.9. The van der Waals surface area contributed by atoms with E-state index in [-0.39, 0.29) is 18.1 Å². The number of carbonyl (C=O) groups is 1. The molecule has 0 atom stereocenters. The summed E-state index contributed by atoms with van der Waals surface area (Å²) in [6.07, 6.45) is 0. The van der Waals surface area contributed by atoms with Crippen molar-refractivity contribution >= 4 is 29.1 Å². The number of benzene rings is 2. The summed E-state index contributed by atoms with van der Waals surface area (Å²) in [7, 11) is 0. The summed E-state index contributed by atoms with van der Waals surface area (Å²) in [5.74, 6) is -0.618. The minimum absolute atomic E-state index is 0.237. The Kier molecular flexibility index (Phi) is 4.79. The van der Waals surface area contributed by atoms with Crippen LogP contribution in [0.3, 0.4) is 0 Å². The number of amides is 1. The standard InChI is InChI=1S/C19H15ClFN5O2/c20-13-3-1-12(2-4-13)11-22-17(27)16-18(28)26-10-9-25(19(26)24-23-16)15-7-5-14(21)6-8-15/h1-8H,9-11H2,(H,22,27). The number of rotatable bonds is 4. The van der Waals surface area contributed by atoms with Crippen molar-refractivity contribution in [2.75, 3.05) is 11.4 Å². The van der Waals surface area contributed by atoms with Crippen molar-refractivity contribution in [3.63, 3.8) is 0 Å². The molecule has 28 heavy (non-hydrogen) atoms. The highest BCUT2D eigenvalue weighted by Crippen LogP contribution is 2.26. The Morgan fingerprint density at radius 3 is 2.50 bits per heavy atom. The molecule has 0 spiro atoms. The Balaban J connectivity index is 1.54. The van der Waals surface area contributed by atoms with Gasteiger partial charge < -0.3 is 10.2 Å². The van der Waals surface area contributed by atoms with E-state index in [1.165, 1.54) is 16.7 Å². The van der Waals surface area contributed by atoms with Crippen molar-refractivity contribution in [3.8, 4) is 0 Å². The van der Waals surface area contributed by atoms with Gasteiger partial charge in [0, 0.05) is 30.3 Å². The highest BCUT2D eigenvalue weighted by Gasteiger charge is 2.27. The number of hydrogen-bond acceptors (Lipinski definition) is 5. The zero-order valence-corrected chi connectivity index (χ0v) is 15.4. The second-order valence-corrected chi connectivity index (χ2v) is 6.68. The molecule has 142 valence electrons. The van der Waals surface area contributed by atoms with Gasteiger partial charge in [-0.1, -0.05) is 23.7 Å². The zero-order valence-electron chi connectivity index (χ0n) is 14.6. The first-order chi connectivity index (χ1) is 13.5.